The van der Waals surface area contributed by atoms with Crippen LogP contribution in [0, 0.1) is 0 Å². The molecule has 5 unspecified atom stereocenters. The smallest absolute Gasteiger partial charge is 0.339 e. The highest BCUT2D eigenvalue weighted by Gasteiger charge is 2.55. The Hall–Kier alpha value is -11.7. The van der Waals surface area contributed by atoms with E-state index in [9.17, 15) is 126 Å². The third kappa shape index (κ3) is 9.41. The van der Waals surface area contributed by atoms with Gasteiger partial charge in [0.25, 0.3) is 0 Å². The molecule has 2 aliphatic heterocycles. The van der Waals surface area contributed by atoms with Crippen molar-refractivity contribution in [3.63, 3.8) is 0 Å². The third-order valence-corrected chi connectivity index (χ3v) is 11.8. The van der Waals surface area contributed by atoms with E-state index in [1.807, 2.05) is 0 Å². The van der Waals surface area contributed by atoms with Crippen LogP contribution in [-0.2, 0) is 23.7 Å². The molecule has 32 nitrogen and oxygen atoms in total. The number of hydrogen-bond acceptors (Lipinski definition) is 30. The van der Waals surface area contributed by atoms with Crippen LogP contribution in [0.1, 0.15) is 62.1 Å². The summed E-state index contributed by atoms with van der Waals surface area (Å²) in [5, 5.41) is 199. The van der Waals surface area contributed by atoms with Crippen LogP contribution in [0.25, 0.3) is 11.1 Å². The molecule has 0 saturated carbocycles. The molecule has 0 bridgehead atoms. The van der Waals surface area contributed by atoms with Crippen LogP contribution in [-0.4, -0.2) is 170 Å². The summed E-state index contributed by atoms with van der Waals surface area (Å²) in [6, 6.07) is 3.17. The number of rotatable bonds is 10. The lowest BCUT2D eigenvalue weighted by Crippen LogP contribution is -2.64. The highest BCUT2D eigenvalue weighted by molar-refractivity contribution is 6.08. The van der Waals surface area contributed by atoms with Crippen molar-refractivity contribution in [2.75, 3.05) is 6.61 Å². The minimum absolute atomic E-state index is 0.291. The average Bonchev–Trinajstić information content (AvgIpc) is 3.45. The van der Waals surface area contributed by atoms with Gasteiger partial charge in [-0.3, -0.25) is 0 Å². The lowest BCUT2D eigenvalue weighted by molar-refractivity contribution is -0.275. The molecular weight excluding hydrogens is 1090 g/mol. The van der Waals surface area contributed by atoms with Crippen molar-refractivity contribution in [3.05, 3.63) is 81.9 Å². The summed E-state index contributed by atoms with van der Waals surface area (Å²) in [6.07, 6.45) is -13.2. The van der Waals surface area contributed by atoms with Crippen LogP contribution in [0.15, 0.2) is 48.5 Å². The van der Waals surface area contributed by atoms with Crippen LogP contribution < -0.4 is 9.47 Å². The minimum atomic E-state index is -2.75. The number of carbonyl (C=O) groups excluding carboxylic acids is 4. The van der Waals surface area contributed by atoms with Gasteiger partial charge in [0.05, 0.1) is 22.3 Å². The number of phenols is 17. The quantitative estimate of drug-likeness (QED) is 0.0532. The van der Waals surface area contributed by atoms with Gasteiger partial charge in [0, 0.05) is 29.3 Å². The SMILES string of the molecule is O=C(OC1C(Oc2c(C(=O)O)cc(O)c(O)c2O)OC2COC(=O)c3cc(Oc4c(C(=O)O)cc(O)c(O)c4O)c(O)c(O)c3-c3c(cc(O)c(O)c3O)C(=O)OC2C1OC(=O)c1cc(O)c(O)c(O)c1)c1cc(O)c(O)c(O)c1. The highest BCUT2D eigenvalue weighted by Crippen LogP contribution is 2.56. The Morgan fingerprint density at radius 3 is 1.36 bits per heavy atom. The summed E-state index contributed by atoms with van der Waals surface area (Å²) in [4.78, 5) is 82.2. The molecule has 32 heteroatoms. The summed E-state index contributed by atoms with van der Waals surface area (Å²) in [7, 11) is 0. The van der Waals surface area contributed by atoms with Gasteiger partial charge in [-0.25, -0.2) is 28.8 Å². The van der Waals surface area contributed by atoms with Crippen LogP contribution in [0.5, 0.6) is 115 Å². The maximum Gasteiger partial charge on any atom is 0.339 e. The van der Waals surface area contributed by atoms with Gasteiger partial charge in [-0.2, -0.15) is 0 Å². The van der Waals surface area contributed by atoms with Gasteiger partial charge in [0.2, 0.25) is 46.9 Å². The zero-order valence-corrected chi connectivity index (χ0v) is 39.0. The summed E-state index contributed by atoms with van der Waals surface area (Å²) in [6.45, 7) is -1.48. The maximum atomic E-state index is 14.8. The first-order valence-corrected chi connectivity index (χ1v) is 21.7. The molecule has 2 aliphatic rings. The molecule has 0 radical (unpaired) electrons. The van der Waals surface area contributed by atoms with Crippen LogP contribution >= 0.6 is 0 Å². The van der Waals surface area contributed by atoms with Crippen molar-refractivity contribution in [1.29, 1.82) is 0 Å². The van der Waals surface area contributed by atoms with E-state index in [2.05, 4.69) is 0 Å². The van der Waals surface area contributed by atoms with Crippen LogP contribution in [0.4, 0.5) is 0 Å². The normalized spacial score (nSPS) is 17.7. The Morgan fingerprint density at radius 1 is 0.450 bits per heavy atom. The number of carboxylic acid groups (broad SMARTS) is 2. The molecule has 1 fully saturated rings. The topological polar surface area (TPSA) is 551 Å². The maximum absolute atomic E-state index is 14.8. The molecule has 0 aromatic heterocycles. The van der Waals surface area contributed by atoms with E-state index in [-0.39, 0.29) is 0 Å². The van der Waals surface area contributed by atoms with E-state index in [0.29, 0.717) is 48.5 Å². The fourth-order valence-corrected chi connectivity index (χ4v) is 7.96. The largest absolute Gasteiger partial charge is 0.504 e. The number of phenolic OH excluding ortho intramolecular Hbond substituents is 17. The number of carboxylic acids is 2. The predicted molar refractivity (Wildman–Crippen MR) is 247 cm³/mol. The molecule has 6 aromatic rings. The first-order chi connectivity index (χ1) is 37.5. The van der Waals surface area contributed by atoms with Crippen molar-refractivity contribution in [1.82, 2.24) is 0 Å². The number of cyclic esters (lactones) is 1. The summed E-state index contributed by atoms with van der Waals surface area (Å²) in [5.74, 6) is -38.9. The molecular formula is C48H34O32. The number of carbonyl (C=O) groups is 6. The fraction of sp³-hybridized carbons (Fsp3) is 0.125. The molecule has 8 rings (SSSR count). The van der Waals surface area contributed by atoms with Gasteiger partial charge >= 0.3 is 35.8 Å². The van der Waals surface area contributed by atoms with E-state index in [1.165, 1.54) is 0 Å². The first kappa shape index (κ1) is 54.6. The molecule has 5 atom stereocenters. The lowest BCUT2D eigenvalue weighted by Gasteiger charge is -2.44. The number of esters is 4. The van der Waals surface area contributed by atoms with Gasteiger partial charge < -0.3 is 130 Å². The first-order valence-electron chi connectivity index (χ1n) is 21.7. The van der Waals surface area contributed by atoms with Crippen LogP contribution in [0.3, 0.4) is 0 Å². The Balaban J connectivity index is 1.37. The number of aromatic carboxylic acids is 2. The molecule has 418 valence electrons. The summed E-state index contributed by atoms with van der Waals surface area (Å²) < 4.78 is 39.3. The molecule has 2 heterocycles. The average molecular weight is 1120 g/mol. The van der Waals surface area contributed by atoms with Gasteiger partial charge in [-0.05, 0) is 30.3 Å². The number of hydrogen-bond donors (Lipinski definition) is 19. The van der Waals surface area contributed by atoms with Crippen molar-refractivity contribution in [2.24, 2.45) is 0 Å². The van der Waals surface area contributed by atoms with E-state index < -0.39 is 233 Å². The molecule has 19 N–H and O–H groups in total. The molecule has 80 heavy (non-hydrogen) atoms. The predicted octanol–water partition coefficient (Wildman–Crippen LogP) is 2.49. The minimum Gasteiger partial charge on any atom is -0.504 e. The fourth-order valence-electron chi connectivity index (χ4n) is 7.96. The van der Waals surface area contributed by atoms with Crippen molar-refractivity contribution in [3.8, 4) is 126 Å². The Bertz CT molecular complexity index is 3630. The number of aromatic hydroxyl groups is 17. The second-order valence-electron chi connectivity index (χ2n) is 16.8. The highest BCUT2D eigenvalue weighted by atomic mass is 16.7. The zero-order valence-electron chi connectivity index (χ0n) is 39.0. The van der Waals surface area contributed by atoms with E-state index in [1.54, 1.807) is 0 Å². The molecule has 0 spiro atoms. The Kier molecular flexibility index (Phi) is 13.7. The number of ether oxygens (including phenoxy) is 7. The summed E-state index contributed by atoms with van der Waals surface area (Å²) in [5.41, 5.74) is -9.27. The van der Waals surface area contributed by atoms with E-state index >= 15 is 0 Å². The van der Waals surface area contributed by atoms with Gasteiger partial charge in [0.1, 0.15) is 23.8 Å². The van der Waals surface area contributed by atoms with Crippen molar-refractivity contribution >= 4 is 35.8 Å². The Labute approximate surface area is 439 Å². The second-order valence-corrected chi connectivity index (χ2v) is 16.8. The molecule has 0 amide bonds. The van der Waals surface area contributed by atoms with Gasteiger partial charge in [0.15, 0.2) is 92.7 Å². The Morgan fingerprint density at radius 2 is 0.863 bits per heavy atom. The number of fused-ring (bicyclic) bond motifs is 4. The lowest BCUT2D eigenvalue weighted by atomic mass is 9.91. The van der Waals surface area contributed by atoms with Crippen molar-refractivity contribution in [2.45, 2.75) is 30.7 Å². The standard InChI is InChI=1S/C48H34O32/c49-16-1-10(2-17(50)27(16)56)44(70)78-40-39-24(76-48(80-38-15(43(68)69)7-22(55)31(60)36(38)65)41(40)79-45(71)11-3-18(51)28(57)19(52)4-11)9-74-46(72)13-8-23(75-37-14(42(66)67)6-21(54)30(59)35(37)64)32(61)34(63)26(13)25-12(47(73)77-39)5-20(53)29(58)33(25)62/h1-8,24,39-41,48-65H,9H2,(H,66,67)(H,68,69). The van der Waals surface area contributed by atoms with Gasteiger partial charge in [-0.15, -0.1) is 0 Å². The van der Waals surface area contributed by atoms with E-state index in [4.69, 9.17) is 33.2 Å². The van der Waals surface area contributed by atoms with E-state index in [0.717, 1.165) is 0 Å². The van der Waals surface area contributed by atoms with Crippen molar-refractivity contribution < 1.29 is 159 Å². The van der Waals surface area contributed by atoms with Gasteiger partial charge in [-0.1, -0.05) is 0 Å². The number of benzene rings is 6. The second kappa shape index (κ2) is 20.1. The molecule has 6 aromatic carbocycles. The zero-order chi connectivity index (χ0) is 58.8. The third-order valence-electron chi connectivity index (χ3n) is 11.8. The summed E-state index contributed by atoms with van der Waals surface area (Å²) >= 11 is 0. The monoisotopic (exact) mass is 1120 g/mol. The molecule has 0 aliphatic carbocycles. The molecule has 1 saturated heterocycles. The van der Waals surface area contributed by atoms with Crippen LogP contribution in [0.2, 0.25) is 0 Å².